The molecule has 24 heavy (non-hydrogen) atoms. The predicted molar refractivity (Wildman–Crippen MR) is 107 cm³/mol. The molecule has 0 bridgehead atoms. The van der Waals surface area contributed by atoms with Gasteiger partial charge in [0.15, 0.2) is 0 Å². The minimum absolute atomic E-state index is 0.126. The van der Waals surface area contributed by atoms with Crippen LogP contribution in [0.15, 0.2) is 12.2 Å². The fourth-order valence-electron chi connectivity index (χ4n) is 5.99. The average molecular weight is 464 g/mol. The van der Waals surface area contributed by atoms with Crippen LogP contribution in [-0.2, 0) is 0 Å². The molecule has 4 heteroatoms. The van der Waals surface area contributed by atoms with Crippen LogP contribution in [0.4, 0.5) is 0 Å². The average Bonchev–Trinajstić information content (AvgIpc) is 2.87. The van der Waals surface area contributed by atoms with Crippen LogP contribution in [0.2, 0.25) is 0 Å². The van der Waals surface area contributed by atoms with Crippen molar-refractivity contribution >= 4 is 31.9 Å². The van der Waals surface area contributed by atoms with E-state index in [1.165, 1.54) is 5.57 Å². The van der Waals surface area contributed by atoms with Crippen LogP contribution in [0.3, 0.4) is 0 Å². The van der Waals surface area contributed by atoms with Gasteiger partial charge in [0.1, 0.15) is 0 Å². The molecule has 0 spiro atoms. The summed E-state index contributed by atoms with van der Waals surface area (Å²) in [5.41, 5.74) is 0.292. The maximum atomic E-state index is 10.9. The first-order valence-electron chi connectivity index (χ1n) is 9.31. The van der Waals surface area contributed by atoms with Crippen molar-refractivity contribution in [3.63, 3.8) is 0 Å². The van der Waals surface area contributed by atoms with E-state index < -0.39 is 11.2 Å². The summed E-state index contributed by atoms with van der Waals surface area (Å²) in [4.78, 5) is 0.417. The number of allylic oxidation sites excluding steroid dienone is 1. The molecule has 0 unspecified atom stereocenters. The third-order valence-corrected chi connectivity index (χ3v) is 10.1. The van der Waals surface area contributed by atoms with Gasteiger partial charge >= 0.3 is 0 Å². The fraction of sp³-hybridized carbons (Fsp3) is 0.900. The van der Waals surface area contributed by atoms with Crippen molar-refractivity contribution in [1.82, 2.24) is 0 Å². The maximum Gasteiger partial charge on any atom is 0.0744 e. The molecule has 0 aromatic rings. The zero-order chi connectivity index (χ0) is 18.1. The Morgan fingerprint density at radius 2 is 1.58 bits per heavy atom. The molecule has 138 valence electrons. The van der Waals surface area contributed by atoms with Gasteiger partial charge < -0.3 is 10.2 Å². The van der Waals surface area contributed by atoms with E-state index in [1.807, 2.05) is 13.8 Å². The summed E-state index contributed by atoms with van der Waals surface area (Å²) in [6.45, 7) is 13.2. The van der Waals surface area contributed by atoms with Gasteiger partial charge in [-0.2, -0.15) is 0 Å². The Morgan fingerprint density at radius 1 is 1.00 bits per heavy atom. The Labute approximate surface area is 163 Å². The number of alkyl halides is 2. The van der Waals surface area contributed by atoms with Gasteiger partial charge in [0, 0.05) is 15.6 Å². The minimum atomic E-state index is -0.615. The zero-order valence-corrected chi connectivity index (χ0v) is 18.5. The predicted octanol–water partition coefficient (Wildman–Crippen LogP) is 5.05. The van der Waals surface area contributed by atoms with Crippen molar-refractivity contribution in [2.75, 3.05) is 0 Å². The summed E-state index contributed by atoms with van der Waals surface area (Å²) in [5.74, 6) is 1.68. The lowest BCUT2D eigenvalue weighted by Gasteiger charge is -2.43. The van der Waals surface area contributed by atoms with Crippen molar-refractivity contribution in [1.29, 1.82) is 0 Å². The van der Waals surface area contributed by atoms with Gasteiger partial charge in [0.05, 0.1) is 11.2 Å². The summed E-state index contributed by atoms with van der Waals surface area (Å²) in [7, 11) is 0. The highest BCUT2D eigenvalue weighted by Crippen LogP contribution is 2.65. The smallest absolute Gasteiger partial charge is 0.0744 e. The molecule has 3 saturated carbocycles. The number of rotatable bonds is 2. The standard InChI is InChI=1S/C20H32Br2O2/c1-11(12-6-8-19(4,23)14(21)10-12)15-17(22)16-13(18(15,2)3)7-9-20(16,5)24/h12-17,23-24H,1,6-10H2,2-5H3/t12-,13+,14-,15-,16-,17-,19+,20+/m0/s1. The monoisotopic (exact) mass is 462 g/mol. The van der Waals surface area contributed by atoms with Crippen LogP contribution < -0.4 is 0 Å². The Balaban J connectivity index is 1.83. The molecule has 2 N–H and O–H groups in total. The maximum absolute atomic E-state index is 10.9. The molecule has 8 atom stereocenters. The molecule has 0 aromatic carbocycles. The van der Waals surface area contributed by atoms with Crippen LogP contribution in [0.1, 0.15) is 59.8 Å². The van der Waals surface area contributed by atoms with Crippen molar-refractivity contribution in [3.8, 4) is 0 Å². The first-order valence-corrected chi connectivity index (χ1v) is 11.1. The Kier molecular flexibility index (Phi) is 4.90. The van der Waals surface area contributed by atoms with Gasteiger partial charge in [-0.3, -0.25) is 0 Å². The second-order valence-corrected chi connectivity index (χ2v) is 11.8. The SMILES string of the molecule is C=C([C@H]1CC[C@@](C)(O)[C@@H](Br)C1)[C@H]1[C@H](Br)[C@@H]2[C@@H](CC[C@@]2(C)O)C1(C)C. The van der Waals surface area contributed by atoms with Gasteiger partial charge in [0.2, 0.25) is 0 Å². The molecule has 0 saturated heterocycles. The van der Waals surface area contributed by atoms with E-state index in [2.05, 4.69) is 52.3 Å². The second-order valence-electron chi connectivity index (χ2n) is 9.64. The summed E-state index contributed by atoms with van der Waals surface area (Å²) in [6, 6.07) is 0. The van der Waals surface area contributed by atoms with Crippen molar-refractivity contribution in [2.45, 2.75) is 80.7 Å². The quantitative estimate of drug-likeness (QED) is 0.444. The lowest BCUT2D eigenvalue weighted by Crippen LogP contribution is -2.43. The molecule has 3 aliphatic carbocycles. The summed E-state index contributed by atoms with van der Waals surface area (Å²) in [6.07, 6.45) is 4.78. The van der Waals surface area contributed by atoms with Crippen LogP contribution in [0.25, 0.3) is 0 Å². The van der Waals surface area contributed by atoms with E-state index in [1.54, 1.807) is 0 Å². The molecule has 0 heterocycles. The lowest BCUT2D eigenvalue weighted by molar-refractivity contribution is 0.0153. The van der Waals surface area contributed by atoms with E-state index in [0.29, 0.717) is 28.5 Å². The molecular formula is C20H32Br2O2. The van der Waals surface area contributed by atoms with E-state index >= 15 is 0 Å². The van der Waals surface area contributed by atoms with Crippen LogP contribution >= 0.6 is 31.9 Å². The Hall–Kier alpha value is 0.620. The number of hydrogen-bond donors (Lipinski definition) is 2. The van der Waals surface area contributed by atoms with Crippen molar-refractivity contribution in [3.05, 3.63) is 12.2 Å². The molecule has 3 aliphatic rings. The molecule has 3 rings (SSSR count). The second kappa shape index (κ2) is 6.07. The third kappa shape index (κ3) is 2.88. The highest BCUT2D eigenvalue weighted by Gasteiger charge is 2.63. The molecule has 0 amide bonds. The van der Waals surface area contributed by atoms with Gasteiger partial charge in [-0.05, 0) is 69.1 Å². The van der Waals surface area contributed by atoms with Crippen LogP contribution in [-0.4, -0.2) is 31.1 Å². The first kappa shape index (κ1) is 19.4. The molecule has 0 aromatic heterocycles. The molecular weight excluding hydrogens is 432 g/mol. The van der Waals surface area contributed by atoms with E-state index in [0.717, 1.165) is 32.1 Å². The zero-order valence-electron chi connectivity index (χ0n) is 15.4. The topological polar surface area (TPSA) is 40.5 Å². The molecule has 3 fully saturated rings. The number of aliphatic hydroxyl groups is 2. The highest BCUT2D eigenvalue weighted by molar-refractivity contribution is 9.09. The first-order chi connectivity index (χ1) is 10.9. The normalized spacial score (nSPS) is 53.8. The number of fused-ring (bicyclic) bond motifs is 1. The van der Waals surface area contributed by atoms with E-state index in [9.17, 15) is 10.2 Å². The van der Waals surface area contributed by atoms with Crippen LogP contribution in [0, 0.1) is 29.1 Å². The minimum Gasteiger partial charge on any atom is -0.390 e. The lowest BCUT2D eigenvalue weighted by atomic mass is 9.66. The van der Waals surface area contributed by atoms with E-state index in [4.69, 9.17) is 0 Å². The van der Waals surface area contributed by atoms with Crippen LogP contribution in [0.5, 0.6) is 0 Å². The fourth-order valence-corrected chi connectivity index (χ4v) is 8.63. The third-order valence-electron chi connectivity index (χ3n) is 7.62. The summed E-state index contributed by atoms with van der Waals surface area (Å²) < 4.78 is 0. The van der Waals surface area contributed by atoms with Crippen molar-refractivity contribution in [2.24, 2.45) is 29.1 Å². The van der Waals surface area contributed by atoms with Gasteiger partial charge in [-0.15, -0.1) is 0 Å². The number of hydrogen-bond acceptors (Lipinski definition) is 2. The summed E-state index contributed by atoms with van der Waals surface area (Å²) >= 11 is 7.68. The molecule has 2 nitrogen and oxygen atoms in total. The molecule has 0 aliphatic heterocycles. The number of halogens is 2. The van der Waals surface area contributed by atoms with Gasteiger partial charge in [-0.1, -0.05) is 57.9 Å². The largest absolute Gasteiger partial charge is 0.390 e. The molecule has 0 radical (unpaired) electrons. The van der Waals surface area contributed by atoms with Crippen molar-refractivity contribution < 1.29 is 10.2 Å². The van der Waals surface area contributed by atoms with Gasteiger partial charge in [-0.25, -0.2) is 0 Å². The Morgan fingerprint density at radius 3 is 2.12 bits per heavy atom. The van der Waals surface area contributed by atoms with Gasteiger partial charge in [0.25, 0.3) is 0 Å². The Bertz CT molecular complexity index is 526. The summed E-state index contributed by atoms with van der Waals surface area (Å²) in [5, 5.41) is 21.3. The van der Waals surface area contributed by atoms with E-state index in [-0.39, 0.29) is 10.2 Å². The highest BCUT2D eigenvalue weighted by atomic mass is 79.9.